The first-order valence-corrected chi connectivity index (χ1v) is 7.80. The van der Waals surface area contributed by atoms with E-state index in [0.29, 0.717) is 28.9 Å². The first-order chi connectivity index (χ1) is 10.2. The molecule has 1 saturated heterocycles. The van der Waals surface area contributed by atoms with Crippen LogP contribution in [0, 0.1) is 5.92 Å². The van der Waals surface area contributed by atoms with Gasteiger partial charge in [0.05, 0.1) is 19.8 Å². The fourth-order valence-electron chi connectivity index (χ4n) is 2.79. The minimum atomic E-state index is 0.00465. The lowest BCUT2D eigenvalue weighted by Gasteiger charge is -2.33. The van der Waals surface area contributed by atoms with Gasteiger partial charge in [-0.2, -0.15) is 0 Å². The minimum Gasteiger partial charge on any atom is -0.497 e. The number of carbonyl (C=O) groups excluding carboxylic acids is 1. The van der Waals surface area contributed by atoms with Crippen molar-refractivity contribution in [2.45, 2.75) is 19.3 Å². The molecule has 1 fully saturated rings. The van der Waals surface area contributed by atoms with Crippen LogP contribution in [0.25, 0.3) is 0 Å². The molecule has 0 N–H and O–H groups in total. The summed E-state index contributed by atoms with van der Waals surface area (Å²) in [5, 5.41) is 0. The molecule has 1 atom stereocenters. The Labute approximate surface area is 131 Å². The predicted molar refractivity (Wildman–Crippen MR) is 83.5 cm³/mol. The molecule has 0 aliphatic carbocycles. The van der Waals surface area contributed by atoms with Gasteiger partial charge in [0.25, 0.3) is 5.91 Å². The number of piperidine rings is 1. The van der Waals surface area contributed by atoms with E-state index < -0.39 is 0 Å². The highest BCUT2D eigenvalue weighted by Gasteiger charge is 2.26. The number of hydrogen-bond donors (Lipinski definition) is 0. The second-order valence-electron chi connectivity index (χ2n) is 5.30. The number of methoxy groups -OCH3 is 2. The Hall–Kier alpha value is -1.42. The van der Waals surface area contributed by atoms with Crippen molar-refractivity contribution in [1.29, 1.82) is 0 Å². The summed E-state index contributed by atoms with van der Waals surface area (Å²) in [6, 6.07) is 5.31. The zero-order chi connectivity index (χ0) is 15.2. The molecule has 0 bridgehead atoms. The van der Waals surface area contributed by atoms with E-state index >= 15 is 0 Å². The molecule has 1 heterocycles. The molecule has 21 heavy (non-hydrogen) atoms. The molecule has 1 aliphatic heterocycles. The van der Waals surface area contributed by atoms with Crippen LogP contribution in [0.2, 0.25) is 0 Å². The number of nitrogens with zero attached hydrogens (tertiary/aromatic N) is 1. The molecular weight excluding hydrogens is 290 g/mol. The molecule has 1 unspecified atom stereocenters. The fourth-order valence-corrected chi connectivity index (χ4v) is 3.10. The summed E-state index contributed by atoms with van der Waals surface area (Å²) in [4.78, 5) is 14.7. The first-order valence-electron chi connectivity index (χ1n) is 7.26. The third kappa shape index (κ3) is 3.82. The maximum atomic E-state index is 12.8. The topological polar surface area (TPSA) is 38.8 Å². The molecule has 1 aromatic rings. The van der Waals surface area contributed by atoms with Gasteiger partial charge < -0.3 is 14.4 Å². The maximum Gasteiger partial charge on any atom is 0.257 e. The summed E-state index contributed by atoms with van der Waals surface area (Å²) in [6.45, 7) is 1.56. The second kappa shape index (κ2) is 7.55. The minimum absolute atomic E-state index is 0.00465. The van der Waals surface area contributed by atoms with Gasteiger partial charge in [-0.3, -0.25) is 4.79 Å². The van der Waals surface area contributed by atoms with Crippen molar-refractivity contribution in [2.75, 3.05) is 33.2 Å². The summed E-state index contributed by atoms with van der Waals surface area (Å²) in [7, 11) is 3.17. The van der Waals surface area contributed by atoms with E-state index in [4.69, 9.17) is 21.1 Å². The molecule has 1 aromatic carbocycles. The van der Waals surface area contributed by atoms with Crippen LogP contribution in [0.3, 0.4) is 0 Å². The van der Waals surface area contributed by atoms with Gasteiger partial charge in [-0.15, -0.1) is 11.6 Å². The van der Waals surface area contributed by atoms with Crippen molar-refractivity contribution >= 4 is 17.5 Å². The quantitative estimate of drug-likeness (QED) is 0.784. The lowest BCUT2D eigenvalue weighted by molar-refractivity contribution is 0.0668. The van der Waals surface area contributed by atoms with Crippen molar-refractivity contribution in [2.24, 2.45) is 5.92 Å². The lowest BCUT2D eigenvalue weighted by atomic mass is 9.95. The number of rotatable bonds is 5. The largest absolute Gasteiger partial charge is 0.497 e. The molecule has 0 radical (unpaired) electrons. The van der Waals surface area contributed by atoms with Crippen molar-refractivity contribution < 1.29 is 14.3 Å². The maximum absolute atomic E-state index is 12.8. The summed E-state index contributed by atoms with van der Waals surface area (Å²) in [6.07, 6.45) is 3.13. The Bertz CT molecular complexity index is 490. The molecule has 1 aliphatic rings. The van der Waals surface area contributed by atoms with Crippen molar-refractivity contribution in [3.8, 4) is 11.5 Å². The van der Waals surface area contributed by atoms with Gasteiger partial charge >= 0.3 is 0 Å². The Morgan fingerprint density at radius 2 is 2.19 bits per heavy atom. The van der Waals surface area contributed by atoms with Crippen LogP contribution in [-0.4, -0.2) is 44.0 Å². The third-order valence-corrected chi connectivity index (χ3v) is 4.18. The molecule has 116 valence electrons. The highest BCUT2D eigenvalue weighted by Crippen LogP contribution is 2.28. The van der Waals surface area contributed by atoms with Crippen LogP contribution in [0.15, 0.2) is 18.2 Å². The van der Waals surface area contributed by atoms with Crippen LogP contribution in [0.5, 0.6) is 11.5 Å². The van der Waals surface area contributed by atoms with E-state index in [1.807, 2.05) is 4.90 Å². The number of alkyl halides is 1. The van der Waals surface area contributed by atoms with Crippen molar-refractivity contribution in [3.63, 3.8) is 0 Å². The van der Waals surface area contributed by atoms with Crippen molar-refractivity contribution in [3.05, 3.63) is 23.8 Å². The molecular formula is C16H22ClNO3. The van der Waals surface area contributed by atoms with Crippen LogP contribution >= 0.6 is 11.6 Å². The van der Waals surface area contributed by atoms with Gasteiger partial charge in [0.2, 0.25) is 0 Å². The van der Waals surface area contributed by atoms with E-state index in [0.717, 1.165) is 32.4 Å². The van der Waals surface area contributed by atoms with Crippen LogP contribution < -0.4 is 9.47 Å². The normalized spacial score (nSPS) is 18.4. The lowest BCUT2D eigenvalue weighted by Crippen LogP contribution is -2.40. The zero-order valence-electron chi connectivity index (χ0n) is 12.6. The fraction of sp³-hybridized carbons (Fsp3) is 0.562. The van der Waals surface area contributed by atoms with Gasteiger partial charge in [0.1, 0.15) is 11.5 Å². The van der Waals surface area contributed by atoms with E-state index in [1.54, 1.807) is 32.4 Å². The summed E-state index contributed by atoms with van der Waals surface area (Å²) < 4.78 is 10.5. The van der Waals surface area contributed by atoms with Gasteiger partial charge in [-0.05, 0) is 43.4 Å². The average molecular weight is 312 g/mol. The van der Waals surface area contributed by atoms with E-state index in [2.05, 4.69) is 0 Å². The molecule has 0 saturated carbocycles. The van der Waals surface area contributed by atoms with E-state index in [-0.39, 0.29) is 5.91 Å². The van der Waals surface area contributed by atoms with Gasteiger partial charge in [0.15, 0.2) is 0 Å². The summed E-state index contributed by atoms with van der Waals surface area (Å²) >= 11 is 5.83. The molecule has 5 heteroatoms. The Balaban J connectivity index is 2.18. The van der Waals surface area contributed by atoms with Gasteiger partial charge in [0, 0.05) is 19.0 Å². The number of ether oxygens (including phenoxy) is 2. The Morgan fingerprint density at radius 3 is 2.86 bits per heavy atom. The third-order valence-electron chi connectivity index (χ3n) is 3.96. The Kier molecular flexibility index (Phi) is 5.74. The molecule has 1 amide bonds. The summed E-state index contributed by atoms with van der Waals surface area (Å²) in [5.41, 5.74) is 0.559. The van der Waals surface area contributed by atoms with E-state index in [1.165, 1.54) is 0 Å². The molecule has 4 nitrogen and oxygen atoms in total. The van der Waals surface area contributed by atoms with Crippen LogP contribution in [0.1, 0.15) is 29.6 Å². The Morgan fingerprint density at radius 1 is 1.38 bits per heavy atom. The van der Waals surface area contributed by atoms with Gasteiger partial charge in [-0.1, -0.05) is 0 Å². The number of amides is 1. The number of likely N-dealkylation sites (tertiary alicyclic amines) is 1. The zero-order valence-corrected chi connectivity index (χ0v) is 13.4. The van der Waals surface area contributed by atoms with Crippen LogP contribution in [-0.2, 0) is 0 Å². The average Bonchev–Trinajstić information content (AvgIpc) is 2.54. The number of hydrogen-bond acceptors (Lipinski definition) is 3. The second-order valence-corrected chi connectivity index (χ2v) is 5.68. The standard InChI is InChI=1S/C16H22ClNO3/c1-20-13-5-6-15(21-2)14(10-13)16(19)18-9-3-4-12(11-18)7-8-17/h5-6,10,12H,3-4,7-9,11H2,1-2H3. The number of benzene rings is 1. The smallest absolute Gasteiger partial charge is 0.257 e. The molecule has 2 rings (SSSR count). The van der Waals surface area contributed by atoms with Crippen molar-refractivity contribution in [1.82, 2.24) is 4.90 Å². The number of halogens is 1. The van der Waals surface area contributed by atoms with E-state index in [9.17, 15) is 4.79 Å². The highest BCUT2D eigenvalue weighted by atomic mass is 35.5. The van der Waals surface area contributed by atoms with Gasteiger partial charge in [-0.25, -0.2) is 0 Å². The summed E-state index contributed by atoms with van der Waals surface area (Å²) in [5.74, 6) is 2.39. The predicted octanol–water partition coefficient (Wildman–Crippen LogP) is 3.18. The van der Waals surface area contributed by atoms with Crippen LogP contribution in [0.4, 0.5) is 0 Å². The monoisotopic (exact) mass is 311 g/mol. The number of carbonyl (C=O) groups is 1. The SMILES string of the molecule is COc1ccc(OC)c(C(=O)N2CCCC(CCCl)C2)c1. The molecule has 0 aromatic heterocycles. The highest BCUT2D eigenvalue weighted by molar-refractivity contribution is 6.17. The molecule has 0 spiro atoms. The first kappa shape index (κ1) is 16.0.